The molecule has 0 N–H and O–H groups in total. The van der Waals surface area contributed by atoms with Crippen LogP contribution in [0.2, 0.25) is 0 Å². The van der Waals surface area contributed by atoms with Crippen LogP contribution in [-0.2, 0) is 4.79 Å². The largest absolute Gasteiger partial charge is 0.292 e. The van der Waals surface area contributed by atoms with Crippen LogP contribution in [-0.4, -0.2) is 29.0 Å². The first-order chi connectivity index (χ1) is 10.2. The Morgan fingerprint density at radius 2 is 2.14 bits per heavy atom. The van der Waals surface area contributed by atoms with Crippen molar-refractivity contribution in [1.82, 2.24) is 5.01 Å². The number of ketones is 1. The Morgan fingerprint density at radius 3 is 2.81 bits per heavy atom. The second kappa shape index (κ2) is 6.10. The smallest absolute Gasteiger partial charge is 0.252 e. The first-order valence-corrected chi connectivity index (χ1v) is 8.53. The van der Waals surface area contributed by atoms with Gasteiger partial charge in [-0.3, -0.25) is 9.59 Å². The summed E-state index contributed by atoms with van der Waals surface area (Å²) >= 11 is 1.49. The molecular weight excluding hydrogens is 284 g/mol. The minimum absolute atomic E-state index is 0.0166. The fourth-order valence-electron chi connectivity index (χ4n) is 3.42. The lowest BCUT2D eigenvalue weighted by Gasteiger charge is -2.26. The topological polar surface area (TPSA) is 49.7 Å². The lowest BCUT2D eigenvalue weighted by molar-refractivity contribution is -0.132. The minimum Gasteiger partial charge on any atom is -0.292 e. The average molecular weight is 304 g/mol. The Balaban J connectivity index is 1.68. The van der Waals surface area contributed by atoms with Crippen molar-refractivity contribution in [3.8, 4) is 0 Å². The van der Waals surface area contributed by atoms with Crippen LogP contribution >= 0.6 is 11.3 Å². The lowest BCUT2D eigenvalue weighted by atomic mass is 9.78. The summed E-state index contributed by atoms with van der Waals surface area (Å²) < 4.78 is 0. The number of carbonyl (C=O) groups excluding carboxylic acids is 2. The predicted molar refractivity (Wildman–Crippen MR) is 83.5 cm³/mol. The second-order valence-corrected chi connectivity index (χ2v) is 6.73. The quantitative estimate of drug-likeness (QED) is 0.801. The van der Waals surface area contributed by atoms with Crippen LogP contribution in [0.5, 0.6) is 0 Å². The fraction of sp³-hybridized carbons (Fsp3) is 0.562. The molecule has 0 saturated heterocycles. The number of thiophene rings is 1. The number of Topliss-reactive ketones (excluding diaryl/α,β-unsaturated/α-hetero) is 1. The maximum atomic E-state index is 12.6. The minimum atomic E-state index is -0.0967. The van der Waals surface area contributed by atoms with E-state index in [-0.39, 0.29) is 24.2 Å². The molecule has 1 aliphatic carbocycles. The molecule has 4 nitrogen and oxygen atoms in total. The van der Waals surface area contributed by atoms with Crippen LogP contribution in [0.3, 0.4) is 0 Å². The Kier molecular flexibility index (Phi) is 4.19. The Hall–Kier alpha value is -1.49. The van der Waals surface area contributed by atoms with Gasteiger partial charge in [-0.05, 0) is 37.1 Å². The molecule has 1 fully saturated rings. The summed E-state index contributed by atoms with van der Waals surface area (Å²) in [7, 11) is 0. The third-order valence-electron chi connectivity index (χ3n) is 4.51. The highest BCUT2D eigenvalue weighted by atomic mass is 32.1. The van der Waals surface area contributed by atoms with Gasteiger partial charge >= 0.3 is 0 Å². The summed E-state index contributed by atoms with van der Waals surface area (Å²) in [5.74, 6) is 0.297. The Bertz CT molecular complexity index is 559. The van der Waals surface area contributed by atoms with E-state index in [9.17, 15) is 9.59 Å². The van der Waals surface area contributed by atoms with Crippen LogP contribution in [0.25, 0.3) is 0 Å². The van der Waals surface area contributed by atoms with Crippen molar-refractivity contribution in [2.75, 3.05) is 6.54 Å². The van der Waals surface area contributed by atoms with E-state index in [0.717, 1.165) is 18.6 Å². The van der Waals surface area contributed by atoms with E-state index < -0.39 is 0 Å². The van der Waals surface area contributed by atoms with Crippen LogP contribution in [0.15, 0.2) is 21.9 Å². The zero-order valence-electron chi connectivity index (χ0n) is 12.2. The molecule has 21 heavy (non-hydrogen) atoms. The number of hydrazone groups is 1. The predicted octanol–water partition coefficient (Wildman–Crippen LogP) is 3.35. The second-order valence-electron chi connectivity index (χ2n) is 5.95. The summed E-state index contributed by atoms with van der Waals surface area (Å²) in [6.07, 6.45) is 5.89. The van der Waals surface area contributed by atoms with Gasteiger partial charge in [0.2, 0.25) is 0 Å². The first-order valence-electron chi connectivity index (χ1n) is 7.58. The highest BCUT2D eigenvalue weighted by Crippen LogP contribution is 2.34. The van der Waals surface area contributed by atoms with Gasteiger partial charge in [0.15, 0.2) is 5.78 Å². The molecule has 0 aromatic carbocycles. The van der Waals surface area contributed by atoms with Gasteiger partial charge in [0.1, 0.15) is 6.54 Å². The molecule has 1 aliphatic heterocycles. The number of nitrogens with zero attached hydrogens (tertiary/aromatic N) is 2. The maximum Gasteiger partial charge on any atom is 0.252 e. The van der Waals surface area contributed by atoms with Gasteiger partial charge in [-0.1, -0.05) is 19.3 Å². The highest BCUT2D eigenvalue weighted by molar-refractivity contribution is 7.08. The van der Waals surface area contributed by atoms with Gasteiger partial charge < -0.3 is 0 Å². The zero-order chi connectivity index (χ0) is 14.8. The van der Waals surface area contributed by atoms with Crippen LogP contribution in [0.1, 0.15) is 49.4 Å². The summed E-state index contributed by atoms with van der Waals surface area (Å²) in [6.45, 7) is 1.99. The van der Waals surface area contributed by atoms with Crippen molar-refractivity contribution in [1.29, 1.82) is 0 Å². The van der Waals surface area contributed by atoms with Gasteiger partial charge in [0.05, 0.1) is 5.92 Å². The van der Waals surface area contributed by atoms with Gasteiger partial charge in [0.25, 0.3) is 5.91 Å². The van der Waals surface area contributed by atoms with E-state index in [2.05, 4.69) is 5.10 Å². The molecule has 1 aromatic rings. The van der Waals surface area contributed by atoms with E-state index in [0.29, 0.717) is 11.5 Å². The number of rotatable bonds is 4. The molecule has 1 aromatic heterocycles. The monoisotopic (exact) mass is 304 g/mol. The van der Waals surface area contributed by atoms with E-state index in [4.69, 9.17) is 0 Å². The average Bonchev–Trinajstić information content (AvgIpc) is 3.09. The van der Waals surface area contributed by atoms with E-state index in [1.165, 1.54) is 35.6 Å². The van der Waals surface area contributed by atoms with Gasteiger partial charge in [-0.15, -0.1) is 0 Å². The molecule has 0 spiro atoms. The molecular formula is C16H20N2O2S. The molecule has 2 heterocycles. The lowest BCUT2D eigenvalue weighted by Crippen LogP contribution is -2.35. The molecule has 2 aliphatic rings. The first kappa shape index (κ1) is 14.4. The van der Waals surface area contributed by atoms with Crippen LogP contribution in [0, 0.1) is 11.8 Å². The SMILES string of the molecule is CC1=NN(CC(=O)c2ccsc2)C(=O)C1C1CCCCC1. The van der Waals surface area contributed by atoms with Gasteiger partial charge in [-0.2, -0.15) is 16.4 Å². The summed E-state index contributed by atoms with van der Waals surface area (Å²) in [4.78, 5) is 24.7. The number of amides is 1. The zero-order valence-corrected chi connectivity index (χ0v) is 13.1. The summed E-state index contributed by atoms with van der Waals surface area (Å²) in [6, 6.07) is 1.79. The molecule has 0 radical (unpaired) electrons. The number of carbonyl (C=O) groups is 2. The molecule has 0 bridgehead atoms. The number of hydrogen-bond donors (Lipinski definition) is 0. The van der Waals surface area contributed by atoms with Crippen molar-refractivity contribution in [3.05, 3.63) is 22.4 Å². The van der Waals surface area contributed by atoms with E-state index in [1.807, 2.05) is 17.7 Å². The van der Waals surface area contributed by atoms with Gasteiger partial charge in [0, 0.05) is 16.7 Å². The Labute approximate surface area is 128 Å². The van der Waals surface area contributed by atoms with Gasteiger partial charge in [-0.25, -0.2) is 5.01 Å². The van der Waals surface area contributed by atoms with Crippen molar-refractivity contribution < 1.29 is 9.59 Å². The summed E-state index contributed by atoms with van der Waals surface area (Å²) in [5, 5.41) is 9.43. The van der Waals surface area contributed by atoms with E-state index >= 15 is 0 Å². The molecule has 5 heteroatoms. The third-order valence-corrected chi connectivity index (χ3v) is 5.19. The Morgan fingerprint density at radius 1 is 1.38 bits per heavy atom. The van der Waals surface area contributed by atoms with E-state index in [1.54, 1.807) is 6.07 Å². The molecule has 1 atom stereocenters. The number of hydrogen-bond acceptors (Lipinski definition) is 4. The molecule has 1 saturated carbocycles. The maximum absolute atomic E-state index is 12.6. The summed E-state index contributed by atoms with van der Waals surface area (Å²) in [5.41, 5.74) is 1.55. The molecule has 3 rings (SSSR count). The molecule has 1 amide bonds. The van der Waals surface area contributed by atoms with Crippen molar-refractivity contribution in [2.24, 2.45) is 16.9 Å². The van der Waals surface area contributed by atoms with Crippen LogP contribution < -0.4 is 0 Å². The van der Waals surface area contributed by atoms with Crippen molar-refractivity contribution in [2.45, 2.75) is 39.0 Å². The molecule has 112 valence electrons. The van der Waals surface area contributed by atoms with Crippen molar-refractivity contribution >= 4 is 28.7 Å². The fourth-order valence-corrected chi connectivity index (χ4v) is 4.08. The third kappa shape index (κ3) is 2.93. The van der Waals surface area contributed by atoms with Crippen molar-refractivity contribution in [3.63, 3.8) is 0 Å². The van der Waals surface area contributed by atoms with Crippen LogP contribution in [0.4, 0.5) is 0 Å². The standard InChI is InChI=1S/C16H20N2O2S/c1-11-15(12-5-3-2-4-6-12)16(20)18(17-11)9-14(19)13-7-8-21-10-13/h7-8,10,12,15H,2-6,9H2,1H3. The molecule has 1 unspecified atom stereocenters. The normalized spacial score (nSPS) is 23.5. The highest BCUT2D eigenvalue weighted by Gasteiger charge is 2.39.